The van der Waals surface area contributed by atoms with Crippen molar-refractivity contribution in [2.45, 2.75) is 19.9 Å². The highest BCUT2D eigenvalue weighted by Gasteiger charge is 2.14. The Kier molecular flexibility index (Phi) is 8.05. The van der Waals surface area contributed by atoms with Crippen LogP contribution in [0.5, 0.6) is 0 Å². The van der Waals surface area contributed by atoms with Crippen molar-refractivity contribution in [3.8, 4) is 0 Å². The van der Waals surface area contributed by atoms with E-state index < -0.39 is 10.0 Å². The van der Waals surface area contributed by atoms with Crippen molar-refractivity contribution in [3.63, 3.8) is 0 Å². The van der Waals surface area contributed by atoms with Gasteiger partial charge in [0.2, 0.25) is 10.0 Å². The zero-order chi connectivity index (χ0) is 17.3. The molecule has 0 aliphatic heterocycles. The predicted octanol–water partition coefficient (Wildman–Crippen LogP) is 1.37. The molecule has 130 valence electrons. The average Bonchev–Trinajstić information content (AvgIpc) is 2.54. The maximum Gasteiger partial charge on any atom is 0.213 e. The number of rotatable bonds is 8. The summed E-state index contributed by atoms with van der Waals surface area (Å²) in [5.41, 5.74) is 1.16. The average molecular weight is 340 g/mol. The zero-order valence-electron chi connectivity index (χ0n) is 14.5. The van der Waals surface area contributed by atoms with Crippen molar-refractivity contribution in [2.24, 2.45) is 4.99 Å². The minimum Gasteiger partial charge on any atom is -0.356 e. The molecule has 7 heteroatoms. The Hall–Kier alpha value is -1.60. The van der Waals surface area contributed by atoms with Crippen LogP contribution in [-0.4, -0.2) is 63.6 Å². The second-order valence-corrected chi connectivity index (χ2v) is 7.89. The smallest absolute Gasteiger partial charge is 0.213 e. The van der Waals surface area contributed by atoms with E-state index in [0.717, 1.165) is 17.9 Å². The maximum absolute atomic E-state index is 11.7. The molecule has 0 unspecified atom stereocenters. The molecular weight excluding hydrogens is 312 g/mol. The molecule has 0 amide bonds. The first kappa shape index (κ1) is 19.4. The minimum absolute atomic E-state index is 0.137. The normalized spacial score (nSPS) is 12.5. The van der Waals surface area contributed by atoms with Gasteiger partial charge in [-0.1, -0.05) is 30.3 Å². The molecule has 1 aromatic carbocycles. The number of hydrogen-bond donors (Lipinski definition) is 1. The van der Waals surface area contributed by atoms with Crippen molar-refractivity contribution < 1.29 is 8.42 Å². The lowest BCUT2D eigenvalue weighted by Gasteiger charge is -2.19. The molecular formula is C16H28N4O2S. The lowest BCUT2D eigenvalue weighted by atomic mass is 10.2. The van der Waals surface area contributed by atoms with Gasteiger partial charge in [-0.05, 0) is 18.9 Å². The predicted molar refractivity (Wildman–Crippen MR) is 96.0 cm³/mol. The van der Waals surface area contributed by atoms with Crippen molar-refractivity contribution in [1.82, 2.24) is 14.5 Å². The summed E-state index contributed by atoms with van der Waals surface area (Å²) in [6.07, 6.45) is 0.730. The van der Waals surface area contributed by atoms with Gasteiger partial charge in [0, 0.05) is 34.2 Å². The third-order valence-electron chi connectivity index (χ3n) is 3.45. The molecule has 0 aromatic heterocycles. The number of guanidine groups is 1. The highest BCUT2D eigenvalue weighted by molar-refractivity contribution is 7.89. The molecule has 0 heterocycles. The Morgan fingerprint density at radius 2 is 1.83 bits per heavy atom. The number of aliphatic imine (C=N–C) groups is 1. The van der Waals surface area contributed by atoms with Crippen molar-refractivity contribution in [2.75, 3.05) is 40.0 Å². The lowest BCUT2D eigenvalue weighted by molar-refractivity contribution is 0.459. The lowest BCUT2D eigenvalue weighted by Crippen LogP contribution is -2.38. The van der Waals surface area contributed by atoms with E-state index in [1.807, 2.05) is 49.3 Å². The van der Waals surface area contributed by atoms with Crippen LogP contribution >= 0.6 is 0 Å². The van der Waals surface area contributed by atoms with E-state index >= 15 is 0 Å². The molecule has 0 saturated heterocycles. The van der Waals surface area contributed by atoms with Crippen LogP contribution in [0.3, 0.4) is 0 Å². The van der Waals surface area contributed by atoms with Gasteiger partial charge in [0.05, 0.1) is 12.3 Å². The van der Waals surface area contributed by atoms with Gasteiger partial charge in [0.1, 0.15) is 0 Å². The van der Waals surface area contributed by atoms with Crippen molar-refractivity contribution >= 4 is 16.0 Å². The van der Waals surface area contributed by atoms with Gasteiger partial charge in [-0.25, -0.2) is 17.7 Å². The Morgan fingerprint density at radius 3 is 2.39 bits per heavy atom. The molecule has 0 aliphatic carbocycles. The number of nitrogens with zero attached hydrogens (tertiary/aromatic N) is 3. The summed E-state index contributed by atoms with van der Waals surface area (Å²) in [4.78, 5) is 6.50. The molecule has 1 aromatic rings. The maximum atomic E-state index is 11.7. The fourth-order valence-electron chi connectivity index (χ4n) is 1.97. The van der Waals surface area contributed by atoms with Crippen LogP contribution in [0.1, 0.15) is 18.9 Å². The first-order valence-corrected chi connectivity index (χ1v) is 9.41. The number of benzene rings is 1. The third-order valence-corrected chi connectivity index (χ3v) is 5.31. The van der Waals surface area contributed by atoms with Crippen LogP contribution in [0.15, 0.2) is 35.3 Å². The van der Waals surface area contributed by atoms with E-state index in [-0.39, 0.29) is 5.75 Å². The van der Waals surface area contributed by atoms with Crippen LogP contribution in [0, 0.1) is 0 Å². The van der Waals surface area contributed by atoms with Crippen molar-refractivity contribution in [1.29, 1.82) is 0 Å². The molecule has 0 saturated carbocycles. The number of sulfonamides is 1. The zero-order valence-corrected chi connectivity index (χ0v) is 15.3. The Labute approximate surface area is 140 Å². The second kappa shape index (κ2) is 9.52. The summed E-state index contributed by atoms with van der Waals surface area (Å²) in [5, 5.41) is 3.27. The van der Waals surface area contributed by atoms with Gasteiger partial charge in [-0.2, -0.15) is 0 Å². The molecule has 6 nitrogen and oxygen atoms in total. The molecule has 0 radical (unpaired) electrons. The summed E-state index contributed by atoms with van der Waals surface area (Å²) >= 11 is 0. The molecule has 0 fully saturated rings. The van der Waals surface area contributed by atoms with Gasteiger partial charge in [-0.3, -0.25) is 0 Å². The van der Waals surface area contributed by atoms with Gasteiger partial charge in [-0.15, -0.1) is 0 Å². The van der Waals surface area contributed by atoms with E-state index in [2.05, 4.69) is 10.3 Å². The third kappa shape index (κ3) is 7.00. The first-order chi connectivity index (χ1) is 10.9. The molecule has 1 N–H and O–H groups in total. The van der Waals surface area contributed by atoms with Gasteiger partial charge >= 0.3 is 0 Å². The number of hydrogen-bond acceptors (Lipinski definition) is 3. The standard InChI is InChI=1S/C16H28N4O2S/c1-5-23(21,22)20(4)13-9-12-17-16(19(2)3)18-14-15-10-7-6-8-11-15/h6-8,10-11H,5,9,12-14H2,1-4H3,(H,17,18). The molecule has 0 aliphatic rings. The minimum atomic E-state index is -3.10. The van der Waals surface area contributed by atoms with Crippen LogP contribution in [-0.2, 0) is 16.6 Å². The second-order valence-electron chi connectivity index (χ2n) is 5.52. The molecule has 1 rings (SSSR count). The summed E-state index contributed by atoms with van der Waals surface area (Å²) in [5.74, 6) is 0.938. The molecule has 0 spiro atoms. The van der Waals surface area contributed by atoms with E-state index in [9.17, 15) is 8.42 Å². The van der Waals surface area contributed by atoms with E-state index in [4.69, 9.17) is 0 Å². The molecule has 0 bridgehead atoms. The molecule has 23 heavy (non-hydrogen) atoms. The van der Waals surface area contributed by atoms with Crippen LogP contribution in [0.2, 0.25) is 0 Å². The van der Waals surface area contributed by atoms with Gasteiger partial charge in [0.25, 0.3) is 0 Å². The summed E-state index contributed by atoms with van der Waals surface area (Å²) in [7, 11) is 2.39. The topological polar surface area (TPSA) is 65.0 Å². The van der Waals surface area contributed by atoms with Crippen LogP contribution < -0.4 is 5.32 Å². The highest BCUT2D eigenvalue weighted by Crippen LogP contribution is 2.01. The first-order valence-electron chi connectivity index (χ1n) is 7.80. The molecule has 0 atom stereocenters. The Morgan fingerprint density at radius 1 is 1.17 bits per heavy atom. The fraction of sp³-hybridized carbons (Fsp3) is 0.562. The van der Waals surface area contributed by atoms with Gasteiger partial charge < -0.3 is 10.2 Å². The van der Waals surface area contributed by atoms with E-state index in [0.29, 0.717) is 19.6 Å². The summed E-state index contributed by atoms with van der Waals surface area (Å²) in [6, 6.07) is 10.1. The fourth-order valence-corrected chi connectivity index (χ4v) is 2.81. The monoisotopic (exact) mass is 340 g/mol. The largest absolute Gasteiger partial charge is 0.356 e. The van der Waals surface area contributed by atoms with Crippen molar-refractivity contribution in [3.05, 3.63) is 35.9 Å². The number of nitrogens with one attached hydrogen (secondary N) is 1. The Balaban J connectivity index is 2.45. The summed E-state index contributed by atoms with van der Waals surface area (Å²) < 4.78 is 24.7. The van der Waals surface area contributed by atoms with E-state index in [1.54, 1.807) is 14.0 Å². The highest BCUT2D eigenvalue weighted by atomic mass is 32.2. The SMILES string of the molecule is CCS(=O)(=O)N(C)CCCNC(=NCc1ccccc1)N(C)C. The van der Waals surface area contributed by atoms with Crippen LogP contribution in [0.25, 0.3) is 0 Å². The Bertz CT molecular complexity index is 585. The quantitative estimate of drug-likeness (QED) is 0.441. The van der Waals surface area contributed by atoms with Crippen LogP contribution in [0.4, 0.5) is 0 Å². The van der Waals surface area contributed by atoms with E-state index in [1.165, 1.54) is 4.31 Å². The summed E-state index contributed by atoms with van der Waals surface area (Å²) in [6.45, 7) is 3.45. The van der Waals surface area contributed by atoms with Gasteiger partial charge in [0.15, 0.2) is 5.96 Å².